The highest BCUT2D eigenvalue weighted by Crippen LogP contribution is 2.49. The van der Waals surface area contributed by atoms with Crippen LogP contribution in [0.2, 0.25) is 0 Å². The first kappa shape index (κ1) is 29.5. The molecule has 0 bridgehead atoms. The summed E-state index contributed by atoms with van der Waals surface area (Å²) in [5.41, 5.74) is 0. The van der Waals surface area contributed by atoms with Crippen LogP contribution in [0.25, 0.3) is 0 Å². The summed E-state index contributed by atoms with van der Waals surface area (Å²) >= 11 is 0. The van der Waals surface area contributed by atoms with Crippen LogP contribution < -0.4 is 0 Å². The standard InChI is InChI=1S/C33H62O2/c1-4-7-9-12-26-14-16-28(17-15-26)25-35-31-19-21-33(30(6-3)24-31)32-20-18-27(23-29(32)5-2)13-10-8-11-22-34/h26-34H,4-25H2,1-3H3. The van der Waals surface area contributed by atoms with Crippen LogP contribution >= 0.6 is 0 Å². The highest BCUT2D eigenvalue weighted by molar-refractivity contribution is 4.90. The fraction of sp³-hybridized carbons (Fsp3) is 1.00. The molecule has 0 saturated heterocycles. The molecule has 0 aromatic carbocycles. The summed E-state index contributed by atoms with van der Waals surface area (Å²) in [6.45, 7) is 8.65. The van der Waals surface area contributed by atoms with E-state index < -0.39 is 0 Å². The van der Waals surface area contributed by atoms with Gasteiger partial charge in [0.25, 0.3) is 0 Å². The summed E-state index contributed by atoms with van der Waals surface area (Å²) in [5.74, 6) is 6.59. The maximum absolute atomic E-state index is 9.06. The first-order valence-electron chi connectivity index (χ1n) is 16.4. The van der Waals surface area contributed by atoms with Gasteiger partial charge in [-0.15, -0.1) is 0 Å². The van der Waals surface area contributed by atoms with Crippen LogP contribution in [0.1, 0.15) is 149 Å². The molecule has 3 aliphatic rings. The molecule has 6 atom stereocenters. The molecular formula is C33H62O2. The second-order valence-electron chi connectivity index (χ2n) is 13.1. The van der Waals surface area contributed by atoms with E-state index >= 15 is 0 Å². The van der Waals surface area contributed by atoms with Crippen LogP contribution in [0.5, 0.6) is 0 Å². The van der Waals surface area contributed by atoms with Crippen LogP contribution in [0, 0.1) is 41.4 Å². The summed E-state index contributed by atoms with van der Waals surface area (Å²) < 4.78 is 6.64. The van der Waals surface area contributed by atoms with E-state index in [0.717, 1.165) is 54.5 Å². The van der Waals surface area contributed by atoms with Crippen LogP contribution in [-0.2, 0) is 4.74 Å². The normalized spacial score (nSPS) is 36.3. The monoisotopic (exact) mass is 490 g/mol. The van der Waals surface area contributed by atoms with Gasteiger partial charge in [0.15, 0.2) is 0 Å². The first-order chi connectivity index (χ1) is 17.2. The maximum atomic E-state index is 9.06. The number of aliphatic hydroxyl groups excluding tert-OH is 1. The van der Waals surface area contributed by atoms with Crippen molar-refractivity contribution < 1.29 is 9.84 Å². The lowest BCUT2D eigenvalue weighted by atomic mass is 9.60. The van der Waals surface area contributed by atoms with E-state index in [4.69, 9.17) is 9.84 Å². The van der Waals surface area contributed by atoms with Crippen molar-refractivity contribution in [2.24, 2.45) is 41.4 Å². The molecule has 6 unspecified atom stereocenters. The number of aliphatic hydroxyl groups is 1. The summed E-state index contributed by atoms with van der Waals surface area (Å²) in [7, 11) is 0. The van der Waals surface area contributed by atoms with Gasteiger partial charge >= 0.3 is 0 Å². The Labute approximate surface area is 219 Å². The van der Waals surface area contributed by atoms with Crippen LogP contribution in [0.4, 0.5) is 0 Å². The molecule has 3 rings (SSSR count). The Morgan fingerprint density at radius 3 is 1.89 bits per heavy atom. The third-order valence-electron chi connectivity index (χ3n) is 10.8. The molecule has 206 valence electrons. The topological polar surface area (TPSA) is 29.5 Å². The number of rotatable bonds is 15. The summed E-state index contributed by atoms with van der Waals surface area (Å²) in [6, 6.07) is 0. The number of ether oxygens (including phenoxy) is 1. The van der Waals surface area contributed by atoms with Crippen molar-refractivity contribution in [1.82, 2.24) is 0 Å². The molecule has 0 spiro atoms. The molecule has 3 fully saturated rings. The Kier molecular flexibility index (Phi) is 14.1. The Morgan fingerprint density at radius 1 is 0.600 bits per heavy atom. The predicted molar refractivity (Wildman–Crippen MR) is 151 cm³/mol. The lowest BCUT2D eigenvalue weighted by Crippen LogP contribution is -2.39. The minimum Gasteiger partial charge on any atom is -0.396 e. The molecule has 0 radical (unpaired) electrons. The van der Waals surface area contributed by atoms with Crippen molar-refractivity contribution in [1.29, 1.82) is 0 Å². The lowest BCUT2D eigenvalue weighted by Gasteiger charge is -2.46. The van der Waals surface area contributed by atoms with Crippen LogP contribution in [0.3, 0.4) is 0 Å². The Hall–Kier alpha value is -0.0800. The second kappa shape index (κ2) is 16.7. The molecule has 0 aromatic heterocycles. The molecule has 35 heavy (non-hydrogen) atoms. The van der Waals surface area contributed by atoms with Gasteiger partial charge in [-0.1, -0.05) is 97.8 Å². The summed E-state index contributed by atoms with van der Waals surface area (Å²) in [4.78, 5) is 0. The molecule has 1 N–H and O–H groups in total. The molecule has 3 saturated carbocycles. The van der Waals surface area contributed by atoms with E-state index in [2.05, 4.69) is 20.8 Å². The fourth-order valence-corrected chi connectivity index (χ4v) is 8.47. The van der Waals surface area contributed by atoms with Gasteiger partial charge in [-0.25, -0.2) is 0 Å². The highest BCUT2D eigenvalue weighted by atomic mass is 16.5. The molecule has 2 nitrogen and oxygen atoms in total. The molecular weight excluding hydrogens is 428 g/mol. The Bertz CT molecular complexity index is 525. The van der Waals surface area contributed by atoms with Gasteiger partial charge in [0.2, 0.25) is 0 Å². The zero-order valence-electron chi connectivity index (χ0n) is 24.0. The smallest absolute Gasteiger partial charge is 0.0578 e. The largest absolute Gasteiger partial charge is 0.396 e. The first-order valence-corrected chi connectivity index (χ1v) is 16.4. The average molecular weight is 491 g/mol. The van der Waals surface area contributed by atoms with E-state index in [-0.39, 0.29) is 0 Å². The van der Waals surface area contributed by atoms with Gasteiger partial charge in [0.05, 0.1) is 6.10 Å². The average Bonchev–Trinajstić information content (AvgIpc) is 2.90. The van der Waals surface area contributed by atoms with Crippen molar-refractivity contribution in [3.8, 4) is 0 Å². The Morgan fingerprint density at radius 2 is 1.20 bits per heavy atom. The van der Waals surface area contributed by atoms with E-state index in [1.165, 1.54) is 122 Å². The number of hydrogen-bond donors (Lipinski definition) is 1. The van der Waals surface area contributed by atoms with Crippen molar-refractivity contribution >= 4 is 0 Å². The minimum absolute atomic E-state index is 0.370. The van der Waals surface area contributed by atoms with Crippen molar-refractivity contribution in [3.05, 3.63) is 0 Å². The molecule has 0 aromatic rings. The van der Waals surface area contributed by atoms with Gasteiger partial charge in [0.1, 0.15) is 0 Å². The maximum Gasteiger partial charge on any atom is 0.0578 e. The molecule has 0 amide bonds. The van der Waals surface area contributed by atoms with Crippen molar-refractivity contribution in [3.63, 3.8) is 0 Å². The fourth-order valence-electron chi connectivity index (χ4n) is 8.47. The van der Waals surface area contributed by atoms with Gasteiger partial charge in [-0.2, -0.15) is 0 Å². The summed E-state index contributed by atoms with van der Waals surface area (Å²) in [5, 5.41) is 9.06. The second-order valence-corrected chi connectivity index (χ2v) is 13.1. The van der Waals surface area contributed by atoms with Gasteiger partial charge < -0.3 is 9.84 Å². The lowest BCUT2D eigenvalue weighted by molar-refractivity contribution is -0.0460. The van der Waals surface area contributed by atoms with Crippen molar-refractivity contribution in [2.45, 2.75) is 155 Å². The van der Waals surface area contributed by atoms with E-state index in [1.54, 1.807) is 0 Å². The van der Waals surface area contributed by atoms with Crippen LogP contribution in [0.15, 0.2) is 0 Å². The molecule has 0 aliphatic heterocycles. The molecule has 3 aliphatic carbocycles. The quantitative estimate of drug-likeness (QED) is 0.231. The third kappa shape index (κ3) is 9.63. The summed E-state index contributed by atoms with van der Waals surface area (Å²) in [6.07, 6.45) is 28.2. The van der Waals surface area contributed by atoms with Gasteiger partial charge in [-0.3, -0.25) is 0 Å². The van der Waals surface area contributed by atoms with E-state index in [1.807, 2.05) is 0 Å². The van der Waals surface area contributed by atoms with Gasteiger partial charge in [0, 0.05) is 13.2 Å². The molecule has 2 heteroatoms. The SMILES string of the molecule is CCCCCC1CCC(COC2CCC(C3CCC(CCCCCO)CC3CC)C(CC)C2)CC1. The predicted octanol–water partition coefficient (Wildman–Crippen LogP) is 9.58. The zero-order chi connectivity index (χ0) is 24.9. The highest BCUT2D eigenvalue weighted by Gasteiger charge is 2.40. The molecule has 0 heterocycles. The van der Waals surface area contributed by atoms with Gasteiger partial charge in [-0.05, 0) is 92.8 Å². The van der Waals surface area contributed by atoms with E-state index in [0.29, 0.717) is 12.7 Å². The third-order valence-corrected chi connectivity index (χ3v) is 10.8. The minimum atomic E-state index is 0.370. The van der Waals surface area contributed by atoms with Crippen molar-refractivity contribution in [2.75, 3.05) is 13.2 Å². The zero-order valence-corrected chi connectivity index (χ0v) is 24.0. The number of hydrogen-bond acceptors (Lipinski definition) is 2. The number of unbranched alkanes of at least 4 members (excludes halogenated alkanes) is 4. The van der Waals surface area contributed by atoms with Crippen LogP contribution in [-0.4, -0.2) is 24.4 Å². The Balaban J connectivity index is 1.38. The van der Waals surface area contributed by atoms with E-state index in [9.17, 15) is 0 Å².